The fourth-order valence-corrected chi connectivity index (χ4v) is 1.49. The van der Waals surface area contributed by atoms with E-state index >= 15 is 0 Å². The molecule has 0 saturated heterocycles. The van der Waals surface area contributed by atoms with Crippen molar-refractivity contribution >= 4 is 5.91 Å². The van der Waals surface area contributed by atoms with Crippen LogP contribution in [0.25, 0.3) is 0 Å². The molecule has 0 bridgehead atoms. The third kappa shape index (κ3) is 4.11. The Kier molecular flexibility index (Phi) is 5.03. The van der Waals surface area contributed by atoms with E-state index < -0.39 is 17.5 Å². The largest absolute Gasteiger partial charge is 0.396 e. The fraction of sp³-hybridized carbons (Fsp3) is 0.417. The smallest absolute Gasteiger partial charge is 0.251 e. The number of carbonyl (C=O) groups is 1. The lowest BCUT2D eigenvalue weighted by atomic mass is 10.1. The van der Waals surface area contributed by atoms with Gasteiger partial charge < -0.3 is 10.4 Å². The van der Waals surface area contributed by atoms with Crippen LogP contribution in [-0.4, -0.2) is 23.7 Å². The van der Waals surface area contributed by atoms with Gasteiger partial charge in [0.15, 0.2) is 0 Å². The Morgan fingerprint density at radius 3 is 2.41 bits per heavy atom. The van der Waals surface area contributed by atoms with Gasteiger partial charge in [-0.25, -0.2) is 8.78 Å². The van der Waals surface area contributed by atoms with E-state index in [4.69, 9.17) is 5.11 Å². The first kappa shape index (κ1) is 13.6. The van der Waals surface area contributed by atoms with Crippen LogP contribution in [0.15, 0.2) is 18.2 Å². The molecule has 5 heteroatoms. The number of benzene rings is 1. The topological polar surface area (TPSA) is 49.3 Å². The summed E-state index contributed by atoms with van der Waals surface area (Å²) in [5, 5.41) is 11.4. The molecule has 1 unspecified atom stereocenters. The molecule has 17 heavy (non-hydrogen) atoms. The second-order valence-corrected chi connectivity index (χ2v) is 3.75. The van der Waals surface area contributed by atoms with Crippen molar-refractivity contribution in [2.75, 3.05) is 6.61 Å². The number of nitrogens with one attached hydrogen (secondary N) is 1. The molecule has 1 atom stereocenters. The summed E-state index contributed by atoms with van der Waals surface area (Å²) >= 11 is 0. The van der Waals surface area contributed by atoms with Gasteiger partial charge in [-0.1, -0.05) is 6.92 Å². The number of carbonyl (C=O) groups excluding carboxylic acids is 1. The maximum Gasteiger partial charge on any atom is 0.251 e. The lowest BCUT2D eigenvalue weighted by Crippen LogP contribution is -2.35. The average molecular weight is 243 g/mol. The summed E-state index contributed by atoms with van der Waals surface area (Å²) in [5.41, 5.74) is -0.0566. The van der Waals surface area contributed by atoms with Crippen LogP contribution < -0.4 is 5.32 Å². The summed E-state index contributed by atoms with van der Waals surface area (Å²) in [6, 6.07) is 2.47. The van der Waals surface area contributed by atoms with Crippen molar-refractivity contribution in [3.8, 4) is 0 Å². The quantitative estimate of drug-likeness (QED) is 0.829. The third-order valence-electron chi connectivity index (χ3n) is 2.43. The predicted octanol–water partition coefficient (Wildman–Crippen LogP) is 1.86. The van der Waals surface area contributed by atoms with E-state index in [-0.39, 0.29) is 18.2 Å². The third-order valence-corrected chi connectivity index (χ3v) is 2.43. The minimum atomic E-state index is -0.787. The van der Waals surface area contributed by atoms with Gasteiger partial charge in [-0.05, 0) is 25.0 Å². The first-order valence-corrected chi connectivity index (χ1v) is 5.44. The zero-order valence-corrected chi connectivity index (χ0v) is 9.54. The molecule has 0 aliphatic heterocycles. The van der Waals surface area contributed by atoms with E-state index in [1.807, 2.05) is 6.92 Å². The highest BCUT2D eigenvalue weighted by Crippen LogP contribution is 2.09. The van der Waals surface area contributed by atoms with Gasteiger partial charge in [0.25, 0.3) is 5.91 Å². The summed E-state index contributed by atoms with van der Waals surface area (Å²) in [6.07, 6.45) is 1.06. The molecule has 94 valence electrons. The molecule has 0 fully saturated rings. The standard InChI is InChI=1S/C12H15F2NO2/c1-2-11(3-4-16)15-12(17)8-5-9(13)7-10(14)6-8/h5-7,11,16H,2-4H2,1H3,(H,15,17). The monoisotopic (exact) mass is 243 g/mol. The highest BCUT2D eigenvalue weighted by Gasteiger charge is 2.13. The van der Waals surface area contributed by atoms with Crippen molar-refractivity contribution in [3.63, 3.8) is 0 Å². The predicted molar refractivity (Wildman–Crippen MR) is 59.6 cm³/mol. The Morgan fingerprint density at radius 1 is 1.35 bits per heavy atom. The first-order valence-electron chi connectivity index (χ1n) is 5.44. The number of aliphatic hydroxyl groups excluding tert-OH is 1. The lowest BCUT2D eigenvalue weighted by molar-refractivity contribution is 0.0928. The van der Waals surface area contributed by atoms with Gasteiger partial charge in [-0.15, -0.1) is 0 Å². The van der Waals surface area contributed by atoms with Crippen molar-refractivity contribution in [2.24, 2.45) is 0 Å². The van der Waals surface area contributed by atoms with Gasteiger partial charge in [0, 0.05) is 24.3 Å². The Bertz CT molecular complexity index is 376. The summed E-state index contributed by atoms with van der Waals surface area (Å²) in [6.45, 7) is 1.81. The molecule has 0 heterocycles. The number of rotatable bonds is 5. The van der Waals surface area contributed by atoms with E-state index in [2.05, 4.69) is 5.32 Å². The van der Waals surface area contributed by atoms with Crippen LogP contribution in [0.5, 0.6) is 0 Å². The summed E-state index contributed by atoms with van der Waals surface area (Å²) in [7, 11) is 0. The summed E-state index contributed by atoms with van der Waals surface area (Å²) in [4.78, 5) is 11.7. The maximum atomic E-state index is 12.9. The summed E-state index contributed by atoms with van der Waals surface area (Å²) in [5.74, 6) is -2.11. The van der Waals surface area contributed by atoms with E-state index in [0.29, 0.717) is 18.9 Å². The van der Waals surface area contributed by atoms with Crippen LogP contribution >= 0.6 is 0 Å². The molecule has 1 rings (SSSR count). The van der Waals surface area contributed by atoms with Gasteiger partial charge in [-0.3, -0.25) is 4.79 Å². The lowest BCUT2D eigenvalue weighted by Gasteiger charge is -2.15. The Morgan fingerprint density at radius 2 is 1.94 bits per heavy atom. The molecular formula is C12H15F2NO2. The van der Waals surface area contributed by atoms with Gasteiger partial charge in [0.05, 0.1) is 0 Å². The Hall–Kier alpha value is -1.49. The molecule has 0 aromatic heterocycles. The zero-order chi connectivity index (χ0) is 12.8. The minimum Gasteiger partial charge on any atom is -0.396 e. The number of amides is 1. The molecule has 0 spiro atoms. The van der Waals surface area contributed by atoms with Crippen LogP contribution in [0.1, 0.15) is 30.1 Å². The normalized spacial score (nSPS) is 12.2. The van der Waals surface area contributed by atoms with Crippen LogP contribution in [0.3, 0.4) is 0 Å². The molecule has 0 radical (unpaired) electrons. The van der Waals surface area contributed by atoms with Crippen molar-refractivity contribution < 1.29 is 18.7 Å². The number of hydrogen-bond donors (Lipinski definition) is 2. The Balaban J connectivity index is 2.75. The molecule has 1 amide bonds. The number of hydrogen-bond acceptors (Lipinski definition) is 2. The van der Waals surface area contributed by atoms with E-state index in [9.17, 15) is 13.6 Å². The maximum absolute atomic E-state index is 12.9. The molecule has 1 aromatic rings. The van der Waals surface area contributed by atoms with Crippen molar-refractivity contribution in [1.82, 2.24) is 5.32 Å². The van der Waals surface area contributed by atoms with Gasteiger partial charge >= 0.3 is 0 Å². The van der Waals surface area contributed by atoms with Crippen LogP contribution in [0.4, 0.5) is 8.78 Å². The van der Waals surface area contributed by atoms with E-state index in [1.165, 1.54) is 0 Å². The first-order chi connectivity index (χ1) is 8.06. The van der Waals surface area contributed by atoms with Crippen LogP contribution in [0.2, 0.25) is 0 Å². The second kappa shape index (κ2) is 6.30. The zero-order valence-electron chi connectivity index (χ0n) is 9.54. The average Bonchev–Trinajstić information content (AvgIpc) is 2.27. The highest BCUT2D eigenvalue weighted by molar-refractivity contribution is 5.94. The molecule has 2 N–H and O–H groups in total. The van der Waals surface area contributed by atoms with Crippen LogP contribution in [-0.2, 0) is 0 Å². The molecule has 1 aromatic carbocycles. The van der Waals surface area contributed by atoms with Gasteiger partial charge in [0.2, 0.25) is 0 Å². The SMILES string of the molecule is CCC(CCO)NC(=O)c1cc(F)cc(F)c1. The van der Waals surface area contributed by atoms with E-state index in [0.717, 1.165) is 12.1 Å². The number of halogens is 2. The van der Waals surface area contributed by atoms with E-state index in [1.54, 1.807) is 0 Å². The molecular weight excluding hydrogens is 228 g/mol. The molecule has 0 saturated carbocycles. The molecule has 3 nitrogen and oxygen atoms in total. The van der Waals surface area contributed by atoms with Crippen molar-refractivity contribution in [3.05, 3.63) is 35.4 Å². The fourth-order valence-electron chi connectivity index (χ4n) is 1.49. The summed E-state index contributed by atoms with van der Waals surface area (Å²) < 4.78 is 25.8. The molecule has 0 aliphatic carbocycles. The second-order valence-electron chi connectivity index (χ2n) is 3.75. The minimum absolute atomic E-state index is 0.0453. The Labute approximate surface area is 98.5 Å². The van der Waals surface area contributed by atoms with Crippen molar-refractivity contribution in [2.45, 2.75) is 25.8 Å². The number of aliphatic hydroxyl groups is 1. The molecule has 0 aliphatic rings. The van der Waals surface area contributed by atoms with Crippen LogP contribution in [0, 0.1) is 11.6 Å². The van der Waals surface area contributed by atoms with Gasteiger partial charge in [0.1, 0.15) is 11.6 Å². The van der Waals surface area contributed by atoms with Gasteiger partial charge in [-0.2, -0.15) is 0 Å². The van der Waals surface area contributed by atoms with Crippen molar-refractivity contribution in [1.29, 1.82) is 0 Å². The highest BCUT2D eigenvalue weighted by atomic mass is 19.1.